The maximum Gasteiger partial charge on any atom is 0.335 e. The summed E-state index contributed by atoms with van der Waals surface area (Å²) in [6, 6.07) is 13.5. The van der Waals surface area contributed by atoms with Gasteiger partial charge < -0.3 is 14.7 Å². The van der Waals surface area contributed by atoms with Crippen molar-refractivity contribution in [2.24, 2.45) is 0 Å². The van der Waals surface area contributed by atoms with Crippen LogP contribution >= 0.6 is 0 Å². The largest absolute Gasteiger partial charge is 0.497 e. The summed E-state index contributed by atoms with van der Waals surface area (Å²) in [6.45, 7) is 4.42. The average molecular weight is 327 g/mol. The zero-order valence-corrected chi connectivity index (χ0v) is 14.0. The van der Waals surface area contributed by atoms with Gasteiger partial charge in [-0.3, -0.25) is 4.79 Å². The summed E-state index contributed by atoms with van der Waals surface area (Å²) in [6.07, 6.45) is 0. The van der Waals surface area contributed by atoms with Crippen LogP contribution in [0.3, 0.4) is 0 Å². The van der Waals surface area contributed by atoms with Crippen LogP contribution in [0.1, 0.15) is 46.2 Å². The summed E-state index contributed by atoms with van der Waals surface area (Å²) in [5.74, 6) is -0.399. The lowest BCUT2D eigenvalue weighted by Gasteiger charge is -2.28. The minimum Gasteiger partial charge on any atom is -0.497 e. The molecule has 5 nitrogen and oxygen atoms in total. The second-order valence-electron chi connectivity index (χ2n) is 5.43. The summed E-state index contributed by atoms with van der Waals surface area (Å²) < 4.78 is 5.24. The highest BCUT2D eigenvalue weighted by Crippen LogP contribution is 2.25. The number of rotatable bonds is 6. The fourth-order valence-corrected chi connectivity index (χ4v) is 2.60. The van der Waals surface area contributed by atoms with Gasteiger partial charge in [-0.2, -0.15) is 0 Å². The Bertz CT molecular complexity index is 724. The molecule has 0 fully saturated rings. The second-order valence-corrected chi connectivity index (χ2v) is 5.43. The minimum atomic E-state index is -1.01. The molecule has 0 aliphatic carbocycles. The van der Waals surface area contributed by atoms with E-state index >= 15 is 0 Å². The number of nitrogens with zero attached hydrogens (tertiary/aromatic N) is 1. The molecule has 1 unspecified atom stereocenters. The lowest BCUT2D eigenvalue weighted by molar-refractivity contribution is 0.0685. The van der Waals surface area contributed by atoms with Gasteiger partial charge in [-0.1, -0.05) is 12.1 Å². The number of hydrogen-bond acceptors (Lipinski definition) is 3. The topological polar surface area (TPSA) is 66.8 Å². The van der Waals surface area contributed by atoms with Crippen molar-refractivity contribution in [2.75, 3.05) is 13.7 Å². The highest BCUT2D eigenvalue weighted by molar-refractivity contribution is 5.96. The van der Waals surface area contributed by atoms with E-state index in [1.165, 1.54) is 12.1 Å². The number of hydrogen-bond donors (Lipinski definition) is 1. The van der Waals surface area contributed by atoms with Crippen molar-refractivity contribution in [3.8, 4) is 5.75 Å². The zero-order valence-electron chi connectivity index (χ0n) is 14.0. The van der Waals surface area contributed by atoms with Crippen LogP contribution in [0.25, 0.3) is 0 Å². The van der Waals surface area contributed by atoms with Crippen LogP contribution in [0.4, 0.5) is 0 Å². The summed E-state index contributed by atoms with van der Waals surface area (Å²) >= 11 is 0. The Hall–Kier alpha value is -2.82. The first-order chi connectivity index (χ1) is 11.5. The van der Waals surface area contributed by atoms with Crippen LogP contribution in [-0.4, -0.2) is 35.5 Å². The molecule has 24 heavy (non-hydrogen) atoms. The van der Waals surface area contributed by atoms with E-state index in [1.807, 2.05) is 38.1 Å². The Morgan fingerprint density at radius 1 is 1.12 bits per heavy atom. The van der Waals surface area contributed by atoms with E-state index in [4.69, 9.17) is 9.84 Å². The molecule has 126 valence electrons. The zero-order chi connectivity index (χ0) is 17.7. The Labute approximate surface area is 141 Å². The van der Waals surface area contributed by atoms with E-state index in [9.17, 15) is 9.59 Å². The SMILES string of the molecule is CCN(C(=O)c1ccc(C(=O)O)cc1)C(C)c1cccc(OC)c1. The van der Waals surface area contributed by atoms with Crippen molar-refractivity contribution in [2.45, 2.75) is 19.9 Å². The number of aromatic carboxylic acids is 1. The number of ether oxygens (including phenoxy) is 1. The van der Waals surface area contributed by atoms with Gasteiger partial charge >= 0.3 is 5.97 Å². The standard InChI is InChI=1S/C19H21NO4/c1-4-20(13(2)16-6-5-7-17(12-16)24-3)18(21)14-8-10-15(11-9-14)19(22)23/h5-13H,4H2,1-3H3,(H,22,23). The molecule has 0 spiro atoms. The van der Waals surface area contributed by atoms with Gasteiger partial charge in [-0.05, 0) is 55.8 Å². The molecule has 0 radical (unpaired) electrons. The van der Waals surface area contributed by atoms with Crippen LogP contribution in [-0.2, 0) is 0 Å². The molecule has 2 aromatic rings. The number of methoxy groups -OCH3 is 1. The first kappa shape index (κ1) is 17.5. The molecule has 0 saturated heterocycles. The monoisotopic (exact) mass is 327 g/mol. The third kappa shape index (κ3) is 3.74. The van der Waals surface area contributed by atoms with E-state index < -0.39 is 5.97 Å². The summed E-state index contributed by atoms with van der Waals surface area (Å²) in [4.78, 5) is 25.4. The fraction of sp³-hybridized carbons (Fsp3) is 0.263. The smallest absolute Gasteiger partial charge is 0.335 e. The maximum absolute atomic E-state index is 12.8. The Morgan fingerprint density at radius 2 is 1.75 bits per heavy atom. The van der Waals surface area contributed by atoms with E-state index in [0.717, 1.165) is 11.3 Å². The van der Waals surface area contributed by atoms with Gasteiger partial charge in [0.15, 0.2) is 0 Å². The van der Waals surface area contributed by atoms with Crippen molar-refractivity contribution < 1.29 is 19.4 Å². The molecule has 1 atom stereocenters. The molecule has 0 bridgehead atoms. The van der Waals surface area contributed by atoms with Crippen LogP contribution in [0.2, 0.25) is 0 Å². The molecular weight excluding hydrogens is 306 g/mol. The van der Waals surface area contributed by atoms with Crippen molar-refractivity contribution >= 4 is 11.9 Å². The van der Waals surface area contributed by atoms with Crippen molar-refractivity contribution in [3.63, 3.8) is 0 Å². The first-order valence-corrected chi connectivity index (χ1v) is 7.76. The van der Waals surface area contributed by atoms with Crippen molar-refractivity contribution in [1.29, 1.82) is 0 Å². The van der Waals surface area contributed by atoms with E-state index in [2.05, 4.69) is 0 Å². The highest BCUT2D eigenvalue weighted by Gasteiger charge is 2.21. The highest BCUT2D eigenvalue weighted by atomic mass is 16.5. The van der Waals surface area contributed by atoms with E-state index in [1.54, 1.807) is 24.1 Å². The Kier molecular flexibility index (Phi) is 5.58. The summed E-state index contributed by atoms with van der Waals surface area (Å²) in [5, 5.41) is 8.95. The normalized spacial score (nSPS) is 11.6. The molecular formula is C19H21NO4. The number of carbonyl (C=O) groups is 2. The molecule has 0 aliphatic heterocycles. The predicted octanol–water partition coefficient (Wildman–Crippen LogP) is 3.62. The molecule has 0 aromatic heterocycles. The Balaban J connectivity index is 2.25. The fourth-order valence-electron chi connectivity index (χ4n) is 2.60. The van der Waals surface area contributed by atoms with Crippen LogP contribution in [0, 0.1) is 0 Å². The second kappa shape index (κ2) is 7.64. The third-order valence-corrected chi connectivity index (χ3v) is 4.02. The molecule has 2 aromatic carbocycles. The van der Waals surface area contributed by atoms with Gasteiger partial charge in [-0.15, -0.1) is 0 Å². The van der Waals surface area contributed by atoms with Gasteiger partial charge in [0.1, 0.15) is 5.75 Å². The number of carbonyl (C=O) groups excluding carboxylic acids is 1. The van der Waals surface area contributed by atoms with Gasteiger partial charge in [0.25, 0.3) is 5.91 Å². The van der Waals surface area contributed by atoms with Crippen LogP contribution in [0.5, 0.6) is 5.75 Å². The molecule has 0 aliphatic rings. The molecule has 0 saturated carbocycles. The number of benzene rings is 2. The van der Waals surface area contributed by atoms with Gasteiger partial charge in [0, 0.05) is 12.1 Å². The van der Waals surface area contributed by atoms with E-state index in [0.29, 0.717) is 12.1 Å². The average Bonchev–Trinajstić information content (AvgIpc) is 2.62. The number of carboxylic acids is 1. The molecule has 0 heterocycles. The molecule has 2 rings (SSSR count). The predicted molar refractivity (Wildman–Crippen MR) is 91.5 cm³/mol. The van der Waals surface area contributed by atoms with Gasteiger partial charge in [0.2, 0.25) is 0 Å². The maximum atomic E-state index is 12.8. The molecule has 5 heteroatoms. The lowest BCUT2D eigenvalue weighted by Crippen LogP contribution is -2.33. The number of amides is 1. The minimum absolute atomic E-state index is 0.128. The van der Waals surface area contributed by atoms with E-state index in [-0.39, 0.29) is 17.5 Å². The Morgan fingerprint density at radius 3 is 2.29 bits per heavy atom. The van der Waals surface area contributed by atoms with Crippen molar-refractivity contribution in [3.05, 3.63) is 65.2 Å². The van der Waals surface area contributed by atoms with Gasteiger partial charge in [0.05, 0.1) is 18.7 Å². The summed E-state index contributed by atoms with van der Waals surface area (Å²) in [5.41, 5.74) is 1.61. The quantitative estimate of drug-likeness (QED) is 0.880. The summed E-state index contributed by atoms with van der Waals surface area (Å²) in [7, 11) is 1.61. The van der Waals surface area contributed by atoms with Gasteiger partial charge in [-0.25, -0.2) is 4.79 Å². The molecule has 1 amide bonds. The number of carboxylic acid groups (broad SMARTS) is 1. The third-order valence-electron chi connectivity index (χ3n) is 4.02. The van der Waals surface area contributed by atoms with Crippen LogP contribution in [0.15, 0.2) is 48.5 Å². The lowest BCUT2D eigenvalue weighted by atomic mass is 10.0. The first-order valence-electron chi connectivity index (χ1n) is 7.76. The van der Waals surface area contributed by atoms with Crippen molar-refractivity contribution in [1.82, 2.24) is 4.90 Å². The van der Waals surface area contributed by atoms with Crippen LogP contribution < -0.4 is 4.74 Å². The molecule has 1 N–H and O–H groups in total.